The lowest BCUT2D eigenvalue weighted by atomic mass is 10.2. The van der Waals surface area contributed by atoms with Crippen molar-refractivity contribution in [2.45, 2.75) is 6.61 Å². The number of aliphatic hydroxyl groups excluding tert-OH is 1. The second kappa shape index (κ2) is 3.19. The Morgan fingerprint density at radius 2 is 2.09 bits per heavy atom. The number of benzene rings is 1. The largest absolute Gasteiger partial charge is 0.504 e. The van der Waals surface area contributed by atoms with E-state index in [0.717, 1.165) is 6.07 Å². The normalized spacial score (nSPS) is 10.1. The summed E-state index contributed by atoms with van der Waals surface area (Å²) in [6.45, 7) is -0.240. The van der Waals surface area contributed by atoms with Crippen LogP contribution in [0, 0.1) is 5.82 Å². The minimum Gasteiger partial charge on any atom is -0.504 e. The lowest BCUT2D eigenvalue weighted by molar-refractivity contribution is 0.280. The molecule has 0 heterocycles. The van der Waals surface area contributed by atoms with Gasteiger partial charge < -0.3 is 10.2 Å². The van der Waals surface area contributed by atoms with Crippen LogP contribution in [0.4, 0.5) is 4.39 Å². The molecule has 1 aromatic rings. The highest BCUT2D eigenvalue weighted by Crippen LogP contribution is 2.27. The van der Waals surface area contributed by atoms with Crippen molar-refractivity contribution in [1.29, 1.82) is 0 Å². The predicted molar refractivity (Wildman–Crippen MR) is 41.7 cm³/mol. The number of aromatic hydroxyl groups is 1. The molecule has 0 spiro atoms. The Morgan fingerprint density at radius 1 is 1.45 bits per heavy atom. The SMILES string of the molecule is OCc1cc(F)c(O)c(Br)c1. The van der Waals surface area contributed by atoms with Crippen molar-refractivity contribution in [3.63, 3.8) is 0 Å². The standard InChI is InChI=1S/C7H6BrFO2/c8-5-1-4(3-10)2-6(9)7(5)11/h1-2,10-11H,3H2. The Labute approximate surface area is 71.4 Å². The maximum absolute atomic E-state index is 12.6. The molecule has 0 aromatic heterocycles. The molecule has 0 saturated carbocycles. The molecule has 0 radical (unpaired) electrons. The lowest BCUT2D eigenvalue weighted by Crippen LogP contribution is -1.86. The summed E-state index contributed by atoms with van der Waals surface area (Å²) in [5.41, 5.74) is 0.423. The smallest absolute Gasteiger partial charge is 0.166 e. The fraction of sp³-hybridized carbons (Fsp3) is 0.143. The average molecular weight is 221 g/mol. The van der Waals surface area contributed by atoms with Crippen LogP contribution in [-0.4, -0.2) is 10.2 Å². The predicted octanol–water partition coefficient (Wildman–Crippen LogP) is 1.79. The molecule has 4 heteroatoms. The highest BCUT2D eigenvalue weighted by Gasteiger charge is 2.06. The van der Waals surface area contributed by atoms with Crippen LogP contribution in [0.25, 0.3) is 0 Å². The van der Waals surface area contributed by atoms with Gasteiger partial charge in [-0.15, -0.1) is 0 Å². The quantitative estimate of drug-likeness (QED) is 0.758. The van der Waals surface area contributed by atoms with E-state index in [-0.39, 0.29) is 11.1 Å². The van der Waals surface area contributed by atoms with Crippen LogP contribution in [0.1, 0.15) is 5.56 Å². The van der Waals surface area contributed by atoms with Gasteiger partial charge in [0.2, 0.25) is 0 Å². The summed E-state index contributed by atoms with van der Waals surface area (Å²) < 4.78 is 12.9. The van der Waals surface area contributed by atoms with Crippen molar-refractivity contribution in [3.8, 4) is 5.75 Å². The van der Waals surface area contributed by atoms with Gasteiger partial charge >= 0.3 is 0 Å². The van der Waals surface area contributed by atoms with Gasteiger partial charge in [0.1, 0.15) is 0 Å². The van der Waals surface area contributed by atoms with Crippen LogP contribution in [-0.2, 0) is 6.61 Å². The molecule has 0 atom stereocenters. The second-order valence-electron chi connectivity index (χ2n) is 2.07. The third-order valence-electron chi connectivity index (χ3n) is 1.26. The number of halogens is 2. The van der Waals surface area contributed by atoms with Crippen LogP contribution in [0.2, 0.25) is 0 Å². The summed E-state index contributed by atoms with van der Waals surface area (Å²) >= 11 is 2.94. The van der Waals surface area contributed by atoms with Crippen LogP contribution in [0.15, 0.2) is 16.6 Å². The highest BCUT2D eigenvalue weighted by atomic mass is 79.9. The van der Waals surface area contributed by atoms with Crippen LogP contribution in [0.3, 0.4) is 0 Å². The van der Waals surface area contributed by atoms with Crippen molar-refractivity contribution in [3.05, 3.63) is 28.0 Å². The van der Waals surface area contributed by atoms with Gasteiger partial charge in [0, 0.05) is 0 Å². The molecule has 60 valence electrons. The number of hydrogen-bond donors (Lipinski definition) is 2. The van der Waals surface area contributed by atoms with E-state index in [2.05, 4.69) is 15.9 Å². The Morgan fingerprint density at radius 3 is 2.55 bits per heavy atom. The zero-order valence-electron chi connectivity index (χ0n) is 5.51. The average Bonchev–Trinajstić information content (AvgIpc) is 1.99. The molecule has 2 nitrogen and oxygen atoms in total. The van der Waals surface area contributed by atoms with E-state index >= 15 is 0 Å². The van der Waals surface area contributed by atoms with E-state index in [0.29, 0.717) is 5.56 Å². The number of phenolic OH excluding ortho intramolecular Hbond substituents is 1. The minimum absolute atomic E-state index is 0.240. The third kappa shape index (κ3) is 1.70. The zero-order valence-corrected chi connectivity index (χ0v) is 7.10. The monoisotopic (exact) mass is 220 g/mol. The Balaban J connectivity index is 3.21. The van der Waals surface area contributed by atoms with E-state index < -0.39 is 11.6 Å². The van der Waals surface area contributed by atoms with Gasteiger partial charge in [0.05, 0.1) is 11.1 Å². The number of hydrogen-bond acceptors (Lipinski definition) is 2. The van der Waals surface area contributed by atoms with E-state index in [9.17, 15) is 4.39 Å². The Hall–Kier alpha value is -0.610. The van der Waals surface area contributed by atoms with Crippen LogP contribution in [0.5, 0.6) is 5.75 Å². The fourth-order valence-electron chi connectivity index (χ4n) is 0.709. The fourth-order valence-corrected chi connectivity index (χ4v) is 1.19. The highest BCUT2D eigenvalue weighted by molar-refractivity contribution is 9.10. The molecule has 2 N–H and O–H groups in total. The van der Waals surface area contributed by atoms with Gasteiger partial charge in [-0.3, -0.25) is 0 Å². The van der Waals surface area contributed by atoms with E-state index in [4.69, 9.17) is 10.2 Å². The summed E-state index contributed by atoms with van der Waals surface area (Å²) in [4.78, 5) is 0. The van der Waals surface area contributed by atoms with Gasteiger partial charge in [0.25, 0.3) is 0 Å². The van der Waals surface area contributed by atoms with E-state index in [1.807, 2.05) is 0 Å². The first-order valence-electron chi connectivity index (χ1n) is 2.93. The first kappa shape index (κ1) is 8.49. The van der Waals surface area contributed by atoms with Crippen molar-refractivity contribution in [2.24, 2.45) is 0 Å². The first-order chi connectivity index (χ1) is 5.15. The molecule has 0 aliphatic heterocycles. The summed E-state index contributed by atoms with van der Waals surface area (Å²) in [6, 6.07) is 2.54. The number of rotatable bonds is 1. The molecule has 0 bridgehead atoms. The van der Waals surface area contributed by atoms with Gasteiger partial charge in [-0.1, -0.05) is 0 Å². The molecule has 1 rings (SSSR count). The Kier molecular flexibility index (Phi) is 2.46. The van der Waals surface area contributed by atoms with Crippen molar-refractivity contribution in [1.82, 2.24) is 0 Å². The number of aliphatic hydroxyl groups is 1. The zero-order chi connectivity index (χ0) is 8.43. The van der Waals surface area contributed by atoms with Gasteiger partial charge in [-0.2, -0.15) is 0 Å². The molecule has 0 aliphatic carbocycles. The van der Waals surface area contributed by atoms with Crippen molar-refractivity contribution in [2.75, 3.05) is 0 Å². The second-order valence-corrected chi connectivity index (χ2v) is 2.92. The van der Waals surface area contributed by atoms with E-state index in [1.54, 1.807) is 0 Å². The molecular weight excluding hydrogens is 215 g/mol. The maximum atomic E-state index is 12.6. The molecule has 0 fully saturated rings. The van der Waals surface area contributed by atoms with Gasteiger partial charge in [0.15, 0.2) is 11.6 Å². The summed E-state index contributed by atoms with van der Waals surface area (Å²) in [5, 5.41) is 17.5. The lowest BCUT2D eigenvalue weighted by Gasteiger charge is -2.00. The topological polar surface area (TPSA) is 40.5 Å². The summed E-state index contributed by atoms with van der Waals surface area (Å²) in [5.74, 6) is -1.16. The summed E-state index contributed by atoms with van der Waals surface area (Å²) in [6.07, 6.45) is 0. The van der Waals surface area contributed by atoms with Crippen molar-refractivity contribution < 1.29 is 14.6 Å². The molecule has 0 unspecified atom stereocenters. The molecule has 0 amide bonds. The maximum Gasteiger partial charge on any atom is 0.166 e. The molecule has 0 saturated heterocycles. The minimum atomic E-state index is -0.733. The molecular formula is C7H6BrFO2. The van der Waals surface area contributed by atoms with Crippen LogP contribution < -0.4 is 0 Å². The summed E-state index contributed by atoms with van der Waals surface area (Å²) in [7, 11) is 0. The molecule has 1 aromatic carbocycles. The number of phenols is 1. The van der Waals surface area contributed by atoms with E-state index in [1.165, 1.54) is 6.07 Å². The molecule has 0 aliphatic rings. The van der Waals surface area contributed by atoms with Crippen molar-refractivity contribution >= 4 is 15.9 Å². The van der Waals surface area contributed by atoms with Crippen LogP contribution >= 0.6 is 15.9 Å². The first-order valence-corrected chi connectivity index (χ1v) is 3.72. The third-order valence-corrected chi connectivity index (χ3v) is 1.86. The molecule has 11 heavy (non-hydrogen) atoms. The van der Waals surface area contributed by atoms with Gasteiger partial charge in [-0.25, -0.2) is 4.39 Å². The van der Waals surface area contributed by atoms with Gasteiger partial charge in [-0.05, 0) is 33.6 Å². The Bertz CT molecular complexity index is 252.